The molecule has 1 aromatic heterocycles. The number of rotatable bonds is 6. The number of methoxy groups -OCH3 is 1. The number of ether oxygens (including phenoxy) is 1. The Morgan fingerprint density at radius 3 is 2.59 bits per heavy atom. The van der Waals surface area contributed by atoms with Gasteiger partial charge in [-0.25, -0.2) is 9.88 Å². The van der Waals surface area contributed by atoms with Crippen LogP contribution in [0.2, 0.25) is 0 Å². The Morgan fingerprint density at radius 1 is 1.04 bits per heavy atom. The average Bonchev–Trinajstić information content (AvgIpc) is 3.11. The van der Waals surface area contributed by atoms with Crippen molar-refractivity contribution in [2.75, 3.05) is 12.4 Å². The van der Waals surface area contributed by atoms with E-state index in [0.717, 1.165) is 34.4 Å². The van der Waals surface area contributed by atoms with E-state index in [1.54, 1.807) is 18.4 Å². The minimum absolute atomic E-state index is 0.734. The van der Waals surface area contributed by atoms with E-state index in [9.17, 15) is 0 Å². The van der Waals surface area contributed by atoms with Gasteiger partial charge in [-0.3, -0.25) is 0 Å². The van der Waals surface area contributed by atoms with E-state index >= 15 is 0 Å². The number of benzene rings is 3. The first-order chi connectivity index (χ1) is 13.3. The molecule has 0 spiro atoms. The standard InChI is InChI=1S/C23H20N2OS/c1-3-15-25-22(18-11-13-19(26-2)14-12-18)16-27-23(25)24-21-10-6-8-17-7-4-5-9-20(17)21/h3-14,16H,1,15H2,2H3/p+1. The van der Waals surface area contributed by atoms with Crippen LogP contribution in [0, 0.1) is 0 Å². The van der Waals surface area contributed by atoms with Gasteiger partial charge in [-0.15, -0.1) is 0 Å². The summed E-state index contributed by atoms with van der Waals surface area (Å²) in [6, 6.07) is 22.9. The monoisotopic (exact) mass is 373 g/mol. The molecule has 4 heteroatoms. The first-order valence-corrected chi connectivity index (χ1v) is 9.69. The van der Waals surface area contributed by atoms with Crippen molar-refractivity contribution < 1.29 is 9.30 Å². The largest absolute Gasteiger partial charge is 0.497 e. The maximum absolute atomic E-state index is 5.28. The second-order valence-corrected chi connectivity index (χ2v) is 7.06. The molecule has 4 rings (SSSR count). The molecule has 0 saturated carbocycles. The number of nitrogens with zero attached hydrogens (tertiary/aromatic N) is 1. The first-order valence-electron chi connectivity index (χ1n) is 8.81. The highest BCUT2D eigenvalue weighted by Crippen LogP contribution is 2.30. The van der Waals surface area contributed by atoms with Crippen molar-refractivity contribution in [2.24, 2.45) is 0 Å². The van der Waals surface area contributed by atoms with Crippen molar-refractivity contribution in [2.45, 2.75) is 6.54 Å². The molecule has 0 amide bonds. The van der Waals surface area contributed by atoms with E-state index < -0.39 is 0 Å². The van der Waals surface area contributed by atoms with Crippen LogP contribution in [0.4, 0.5) is 10.8 Å². The van der Waals surface area contributed by atoms with Gasteiger partial charge in [-0.05, 0) is 35.7 Å². The van der Waals surface area contributed by atoms with Gasteiger partial charge in [0.05, 0.1) is 7.11 Å². The highest BCUT2D eigenvalue weighted by atomic mass is 32.1. The molecule has 27 heavy (non-hydrogen) atoms. The summed E-state index contributed by atoms with van der Waals surface area (Å²) in [7, 11) is 1.68. The van der Waals surface area contributed by atoms with Crippen LogP contribution in [-0.2, 0) is 6.54 Å². The number of anilines is 2. The fraction of sp³-hybridized carbons (Fsp3) is 0.0870. The lowest BCUT2D eigenvalue weighted by Gasteiger charge is -2.07. The molecule has 0 saturated heterocycles. The second-order valence-electron chi connectivity index (χ2n) is 6.21. The lowest BCUT2D eigenvalue weighted by Crippen LogP contribution is -2.35. The average molecular weight is 374 g/mol. The summed E-state index contributed by atoms with van der Waals surface area (Å²) in [5.41, 5.74) is 3.42. The molecule has 4 aromatic rings. The molecule has 3 aromatic carbocycles. The first kappa shape index (κ1) is 17.3. The van der Waals surface area contributed by atoms with Gasteiger partial charge >= 0.3 is 5.13 Å². The lowest BCUT2D eigenvalue weighted by atomic mass is 10.1. The Kier molecular flexibility index (Phi) is 4.90. The predicted molar refractivity (Wildman–Crippen MR) is 114 cm³/mol. The van der Waals surface area contributed by atoms with E-state index in [2.05, 4.69) is 76.4 Å². The highest BCUT2D eigenvalue weighted by molar-refractivity contribution is 7.13. The smallest absolute Gasteiger partial charge is 0.339 e. The molecule has 1 heterocycles. The summed E-state index contributed by atoms with van der Waals surface area (Å²) < 4.78 is 7.53. The van der Waals surface area contributed by atoms with Crippen LogP contribution in [0.1, 0.15) is 0 Å². The lowest BCUT2D eigenvalue weighted by molar-refractivity contribution is -0.657. The van der Waals surface area contributed by atoms with Gasteiger partial charge in [-0.2, -0.15) is 0 Å². The van der Waals surface area contributed by atoms with Crippen LogP contribution >= 0.6 is 11.3 Å². The van der Waals surface area contributed by atoms with Crippen LogP contribution < -0.4 is 14.6 Å². The molecule has 1 N–H and O–H groups in total. The zero-order valence-corrected chi connectivity index (χ0v) is 16.0. The molecular weight excluding hydrogens is 352 g/mol. The topological polar surface area (TPSA) is 25.1 Å². The molecule has 0 unspecified atom stereocenters. The van der Waals surface area contributed by atoms with Gasteiger partial charge in [0.25, 0.3) is 0 Å². The molecule has 0 aliphatic carbocycles. The molecule has 3 nitrogen and oxygen atoms in total. The minimum atomic E-state index is 0.734. The van der Waals surface area contributed by atoms with Gasteiger partial charge in [0.15, 0.2) is 0 Å². The van der Waals surface area contributed by atoms with E-state index in [0.29, 0.717) is 0 Å². The fourth-order valence-corrected chi connectivity index (χ4v) is 4.15. The van der Waals surface area contributed by atoms with E-state index in [1.807, 2.05) is 18.2 Å². The molecule has 0 bridgehead atoms. The number of allylic oxidation sites excluding steroid dienone is 1. The summed E-state index contributed by atoms with van der Waals surface area (Å²) >= 11 is 1.70. The SMILES string of the molecule is C=CC[n+]1c(-c2ccc(OC)cc2)csc1Nc1cccc2ccccc12. The third-order valence-corrected chi connectivity index (χ3v) is 5.43. The summed E-state index contributed by atoms with van der Waals surface area (Å²) in [4.78, 5) is 0. The Balaban J connectivity index is 1.74. The Hall–Kier alpha value is -3.11. The molecule has 0 aliphatic heterocycles. The Morgan fingerprint density at radius 2 is 1.81 bits per heavy atom. The van der Waals surface area contributed by atoms with Crippen LogP contribution in [-0.4, -0.2) is 7.11 Å². The summed E-state index contributed by atoms with van der Waals surface area (Å²) in [6.45, 7) is 4.67. The highest BCUT2D eigenvalue weighted by Gasteiger charge is 2.19. The second kappa shape index (κ2) is 7.64. The van der Waals surface area contributed by atoms with Crippen molar-refractivity contribution in [3.05, 3.63) is 84.8 Å². The number of hydrogen-bond acceptors (Lipinski definition) is 3. The normalized spacial score (nSPS) is 10.7. The van der Waals surface area contributed by atoms with Crippen LogP contribution in [0.3, 0.4) is 0 Å². The van der Waals surface area contributed by atoms with Crippen LogP contribution in [0.25, 0.3) is 22.0 Å². The Bertz CT molecular complexity index is 1080. The quantitative estimate of drug-likeness (QED) is 0.342. The minimum Gasteiger partial charge on any atom is -0.497 e. The summed E-state index contributed by atoms with van der Waals surface area (Å²) in [5, 5.41) is 9.32. The van der Waals surface area contributed by atoms with Gasteiger partial charge in [0.1, 0.15) is 23.7 Å². The van der Waals surface area contributed by atoms with Crippen molar-refractivity contribution in [3.63, 3.8) is 0 Å². The van der Waals surface area contributed by atoms with Crippen molar-refractivity contribution in [3.8, 4) is 17.0 Å². The molecular formula is C23H21N2OS+. The van der Waals surface area contributed by atoms with Crippen molar-refractivity contribution in [1.29, 1.82) is 0 Å². The molecule has 134 valence electrons. The maximum atomic E-state index is 5.28. The molecule has 0 radical (unpaired) electrons. The number of aromatic nitrogens is 1. The third kappa shape index (κ3) is 3.44. The van der Waals surface area contributed by atoms with E-state index in [4.69, 9.17) is 4.74 Å². The van der Waals surface area contributed by atoms with Crippen LogP contribution in [0.15, 0.2) is 84.8 Å². The van der Waals surface area contributed by atoms with Gasteiger partial charge < -0.3 is 4.74 Å². The molecule has 0 atom stereocenters. The van der Waals surface area contributed by atoms with Crippen molar-refractivity contribution in [1.82, 2.24) is 0 Å². The van der Waals surface area contributed by atoms with E-state index in [-0.39, 0.29) is 0 Å². The van der Waals surface area contributed by atoms with Gasteiger partial charge in [0.2, 0.25) is 0 Å². The number of thiazole rings is 1. The number of hydrogen-bond donors (Lipinski definition) is 1. The predicted octanol–water partition coefficient (Wildman–Crippen LogP) is 5.79. The third-order valence-electron chi connectivity index (χ3n) is 4.55. The number of nitrogens with one attached hydrogen (secondary N) is 1. The fourth-order valence-electron chi connectivity index (χ4n) is 3.19. The van der Waals surface area contributed by atoms with Gasteiger partial charge in [-0.1, -0.05) is 60.4 Å². The zero-order valence-electron chi connectivity index (χ0n) is 15.2. The molecule has 0 fully saturated rings. The van der Waals surface area contributed by atoms with Crippen molar-refractivity contribution >= 4 is 32.9 Å². The number of fused-ring (bicyclic) bond motifs is 1. The van der Waals surface area contributed by atoms with Crippen LogP contribution in [0.5, 0.6) is 5.75 Å². The van der Waals surface area contributed by atoms with Gasteiger partial charge in [0, 0.05) is 16.3 Å². The summed E-state index contributed by atoms with van der Waals surface area (Å²) in [5.74, 6) is 0.860. The maximum Gasteiger partial charge on any atom is 0.339 e. The molecule has 0 aliphatic rings. The Labute approximate surface area is 163 Å². The summed E-state index contributed by atoms with van der Waals surface area (Å²) in [6.07, 6.45) is 1.92. The van der Waals surface area contributed by atoms with E-state index in [1.165, 1.54) is 10.8 Å². The zero-order chi connectivity index (χ0) is 18.6.